The first kappa shape index (κ1) is 28.3. The number of hydrogen-bond acceptors (Lipinski definition) is 7. The standard InChI is InChI=1S/C27H43N5O4/c1-20-6-8-26(35,22(16-20)24(28)33)18-31-12-3-10-30-11-4-13-32(15-5-14-31)19-27(36)9-7-21(2)17-23(27)25(29)34/h6-9,16-17,22-23,30,35-36H,3-5,10-15,18-19H2,1-2H3,(H2,28,33)(H2,29,34). The Balaban J connectivity index is 1.69. The Hall–Kier alpha value is -2.30. The fourth-order valence-corrected chi connectivity index (χ4v) is 5.40. The zero-order valence-electron chi connectivity index (χ0n) is 21.7. The van der Waals surface area contributed by atoms with Crippen molar-refractivity contribution in [1.29, 1.82) is 0 Å². The molecule has 3 aliphatic rings. The molecule has 4 atom stereocenters. The second-order valence-corrected chi connectivity index (χ2v) is 10.6. The molecular weight excluding hydrogens is 458 g/mol. The van der Waals surface area contributed by atoms with Gasteiger partial charge in [-0.3, -0.25) is 9.59 Å². The van der Waals surface area contributed by atoms with Crippen LogP contribution in [0.15, 0.2) is 47.6 Å². The Kier molecular flexibility index (Phi) is 9.66. The Morgan fingerprint density at radius 3 is 1.61 bits per heavy atom. The van der Waals surface area contributed by atoms with Crippen molar-refractivity contribution in [3.05, 3.63) is 47.6 Å². The minimum atomic E-state index is -1.35. The van der Waals surface area contributed by atoms with Crippen LogP contribution in [0, 0.1) is 11.8 Å². The summed E-state index contributed by atoms with van der Waals surface area (Å²) in [7, 11) is 0. The number of nitrogens with one attached hydrogen (secondary N) is 1. The third kappa shape index (κ3) is 7.36. The first-order valence-electron chi connectivity index (χ1n) is 13.0. The lowest BCUT2D eigenvalue weighted by Gasteiger charge is -2.39. The number of allylic oxidation sites excluding steroid dienone is 4. The Bertz CT molecular complexity index is 857. The molecule has 200 valence electrons. The lowest BCUT2D eigenvalue weighted by molar-refractivity contribution is -0.127. The molecule has 4 unspecified atom stereocenters. The molecule has 0 saturated carbocycles. The number of carbonyl (C=O) groups is 2. The van der Waals surface area contributed by atoms with E-state index in [4.69, 9.17) is 11.5 Å². The van der Waals surface area contributed by atoms with Crippen molar-refractivity contribution in [2.45, 2.75) is 44.3 Å². The van der Waals surface area contributed by atoms with E-state index in [2.05, 4.69) is 15.1 Å². The van der Waals surface area contributed by atoms with Gasteiger partial charge in [-0.25, -0.2) is 0 Å². The molecule has 1 saturated heterocycles. The van der Waals surface area contributed by atoms with E-state index in [0.29, 0.717) is 26.2 Å². The predicted molar refractivity (Wildman–Crippen MR) is 141 cm³/mol. The van der Waals surface area contributed by atoms with Gasteiger partial charge in [0.2, 0.25) is 11.8 Å². The van der Waals surface area contributed by atoms with Crippen molar-refractivity contribution < 1.29 is 19.8 Å². The number of nitrogens with zero attached hydrogens (tertiary/aromatic N) is 2. The van der Waals surface area contributed by atoms with E-state index in [9.17, 15) is 19.8 Å². The number of amides is 2. The van der Waals surface area contributed by atoms with E-state index < -0.39 is 34.9 Å². The SMILES string of the molecule is CC1=CC(C(N)=O)C(O)(CN2CCCNCCCN(CC3(O)C=CC(C)=CC3C(N)=O)CCC2)C=C1. The largest absolute Gasteiger partial charge is 0.383 e. The number of carbonyl (C=O) groups excluding carboxylic acids is 2. The smallest absolute Gasteiger partial charge is 0.227 e. The zero-order chi connectivity index (χ0) is 26.3. The van der Waals surface area contributed by atoms with E-state index >= 15 is 0 Å². The summed E-state index contributed by atoms with van der Waals surface area (Å²) in [5.74, 6) is -2.61. The van der Waals surface area contributed by atoms with Gasteiger partial charge in [0.05, 0.1) is 11.8 Å². The first-order valence-corrected chi connectivity index (χ1v) is 13.0. The number of nitrogens with two attached hydrogens (primary N) is 2. The van der Waals surface area contributed by atoms with Crippen molar-refractivity contribution in [2.75, 3.05) is 52.4 Å². The summed E-state index contributed by atoms with van der Waals surface area (Å²) in [6.07, 6.45) is 13.2. The summed E-state index contributed by atoms with van der Waals surface area (Å²) in [6.45, 7) is 9.07. The predicted octanol–water partition coefficient (Wildman–Crippen LogP) is 0.0613. The van der Waals surface area contributed by atoms with Gasteiger partial charge in [-0.15, -0.1) is 0 Å². The second kappa shape index (κ2) is 12.3. The summed E-state index contributed by atoms with van der Waals surface area (Å²) >= 11 is 0. The summed E-state index contributed by atoms with van der Waals surface area (Å²) in [4.78, 5) is 28.6. The molecule has 0 aromatic heterocycles. The molecule has 2 amide bonds. The van der Waals surface area contributed by atoms with Crippen LogP contribution in [0.2, 0.25) is 0 Å². The monoisotopic (exact) mass is 501 g/mol. The van der Waals surface area contributed by atoms with Crippen molar-refractivity contribution >= 4 is 11.8 Å². The van der Waals surface area contributed by atoms with Crippen LogP contribution in [0.1, 0.15) is 33.1 Å². The average molecular weight is 502 g/mol. The summed E-state index contributed by atoms with van der Waals surface area (Å²) in [5, 5.41) is 26.2. The minimum absolute atomic E-state index is 0.307. The van der Waals surface area contributed by atoms with E-state index in [1.165, 1.54) is 0 Å². The number of rotatable bonds is 6. The summed E-state index contributed by atoms with van der Waals surface area (Å²) < 4.78 is 0. The lowest BCUT2D eigenvalue weighted by Crippen LogP contribution is -2.53. The van der Waals surface area contributed by atoms with E-state index in [1.54, 1.807) is 24.3 Å². The van der Waals surface area contributed by atoms with Gasteiger partial charge in [-0.2, -0.15) is 0 Å². The second-order valence-electron chi connectivity index (χ2n) is 10.6. The van der Waals surface area contributed by atoms with Crippen molar-refractivity contribution in [3.8, 4) is 0 Å². The third-order valence-electron chi connectivity index (χ3n) is 7.38. The minimum Gasteiger partial charge on any atom is -0.383 e. The normalized spacial score (nSPS) is 33.2. The van der Waals surface area contributed by atoms with Gasteiger partial charge in [0.25, 0.3) is 0 Å². The molecule has 1 heterocycles. The maximum atomic E-state index is 12.1. The average Bonchev–Trinajstić information content (AvgIpc) is 2.80. The van der Waals surface area contributed by atoms with E-state index in [-0.39, 0.29) is 0 Å². The fourth-order valence-electron chi connectivity index (χ4n) is 5.40. The van der Waals surface area contributed by atoms with Crippen LogP contribution in [-0.2, 0) is 9.59 Å². The van der Waals surface area contributed by atoms with Crippen LogP contribution in [0.4, 0.5) is 0 Å². The maximum absolute atomic E-state index is 12.1. The molecule has 0 spiro atoms. The molecule has 9 nitrogen and oxygen atoms in total. The first-order chi connectivity index (χ1) is 17.0. The van der Waals surface area contributed by atoms with Crippen LogP contribution in [0.3, 0.4) is 0 Å². The highest BCUT2D eigenvalue weighted by atomic mass is 16.3. The van der Waals surface area contributed by atoms with Gasteiger partial charge in [-0.05, 0) is 72.4 Å². The Morgan fingerprint density at radius 1 is 0.833 bits per heavy atom. The van der Waals surface area contributed by atoms with Gasteiger partial charge in [0, 0.05) is 13.1 Å². The van der Waals surface area contributed by atoms with Crippen LogP contribution in [-0.4, -0.2) is 95.4 Å². The van der Waals surface area contributed by atoms with Gasteiger partial charge in [0.1, 0.15) is 11.2 Å². The molecule has 1 fully saturated rings. The molecule has 0 aromatic rings. The molecule has 36 heavy (non-hydrogen) atoms. The Labute approximate surface area is 214 Å². The highest BCUT2D eigenvalue weighted by Gasteiger charge is 2.41. The van der Waals surface area contributed by atoms with Crippen molar-refractivity contribution in [3.63, 3.8) is 0 Å². The molecule has 9 heteroatoms. The molecule has 7 N–H and O–H groups in total. The van der Waals surface area contributed by atoms with Gasteiger partial charge in [0.15, 0.2) is 0 Å². The molecule has 2 aliphatic carbocycles. The number of aliphatic hydroxyl groups is 2. The fraction of sp³-hybridized carbons (Fsp3) is 0.630. The number of hydrogen-bond donors (Lipinski definition) is 5. The number of β-amino-alcohol motifs (C(OH)–C–C–N with tert-alkyl or cyclic N) is 2. The third-order valence-corrected chi connectivity index (χ3v) is 7.38. The lowest BCUT2D eigenvalue weighted by atomic mass is 9.80. The topological polar surface area (TPSA) is 145 Å². The van der Waals surface area contributed by atoms with E-state index in [1.807, 2.05) is 26.0 Å². The molecular formula is C27H43N5O4. The van der Waals surface area contributed by atoms with Gasteiger partial charge in [-0.1, -0.05) is 47.6 Å². The highest BCUT2D eigenvalue weighted by Crippen LogP contribution is 2.30. The van der Waals surface area contributed by atoms with Gasteiger partial charge >= 0.3 is 0 Å². The molecule has 3 rings (SSSR count). The number of primary amides is 2. The summed E-state index contributed by atoms with van der Waals surface area (Å²) in [5.41, 5.74) is 10.4. The van der Waals surface area contributed by atoms with Crippen molar-refractivity contribution in [2.24, 2.45) is 23.3 Å². The zero-order valence-corrected chi connectivity index (χ0v) is 21.7. The molecule has 0 aromatic carbocycles. The molecule has 0 bridgehead atoms. The van der Waals surface area contributed by atoms with Gasteiger partial charge < -0.3 is 36.8 Å². The molecule has 0 radical (unpaired) electrons. The van der Waals surface area contributed by atoms with Crippen molar-refractivity contribution in [1.82, 2.24) is 15.1 Å². The Morgan fingerprint density at radius 2 is 1.22 bits per heavy atom. The highest BCUT2D eigenvalue weighted by molar-refractivity contribution is 5.81. The summed E-state index contributed by atoms with van der Waals surface area (Å²) in [6, 6.07) is 0. The van der Waals surface area contributed by atoms with Crippen LogP contribution in [0.25, 0.3) is 0 Å². The quantitative estimate of drug-likeness (QED) is 0.346. The maximum Gasteiger partial charge on any atom is 0.227 e. The van der Waals surface area contributed by atoms with Crippen LogP contribution < -0.4 is 16.8 Å². The van der Waals surface area contributed by atoms with E-state index in [0.717, 1.165) is 56.6 Å². The van der Waals surface area contributed by atoms with Crippen LogP contribution >= 0.6 is 0 Å². The van der Waals surface area contributed by atoms with Crippen LogP contribution in [0.5, 0.6) is 0 Å². The molecule has 1 aliphatic heterocycles.